The molecule has 1 rings (SSSR count). The van der Waals surface area contributed by atoms with Gasteiger partial charge >= 0.3 is 0 Å². The third kappa shape index (κ3) is 5.88. The van der Waals surface area contributed by atoms with Gasteiger partial charge in [-0.25, -0.2) is 0 Å². The van der Waals surface area contributed by atoms with Gasteiger partial charge in [0.15, 0.2) is 0 Å². The van der Waals surface area contributed by atoms with Crippen LogP contribution in [0, 0.1) is 0 Å². The summed E-state index contributed by atoms with van der Waals surface area (Å²) >= 11 is 0. The Kier molecular flexibility index (Phi) is 8.26. The van der Waals surface area contributed by atoms with Gasteiger partial charge in [0.1, 0.15) is 0 Å². The molecule has 1 aromatic rings. The molecular weight excluding hydrogens is 276 g/mol. The first-order valence-electron chi connectivity index (χ1n) is 8.23. The zero-order valence-electron chi connectivity index (χ0n) is 14.0. The molecule has 0 saturated carbocycles. The Bertz CT molecular complexity index is 468. The minimum absolute atomic E-state index is 0.00311. The summed E-state index contributed by atoms with van der Waals surface area (Å²) in [5.74, 6) is -0.0715. The minimum Gasteiger partial charge on any atom is -0.352 e. The molecule has 0 aliphatic carbocycles. The number of unbranched alkanes of at least 4 members (excludes halogenated alkanes) is 3. The number of carbonyl (C=O) groups excluding carboxylic acids is 2. The topological polar surface area (TPSA) is 49.4 Å². The van der Waals surface area contributed by atoms with Crippen LogP contribution in [0.5, 0.6) is 0 Å². The van der Waals surface area contributed by atoms with Crippen molar-refractivity contribution in [3.8, 4) is 0 Å². The van der Waals surface area contributed by atoms with Crippen molar-refractivity contribution in [3.63, 3.8) is 0 Å². The number of benzene rings is 1. The lowest BCUT2D eigenvalue weighted by molar-refractivity contribution is 0.0792. The van der Waals surface area contributed by atoms with Crippen LogP contribution >= 0.6 is 0 Å². The van der Waals surface area contributed by atoms with Crippen LogP contribution in [0.4, 0.5) is 0 Å². The van der Waals surface area contributed by atoms with Gasteiger partial charge in [0, 0.05) is 31.3 Å². The molecule has 0 fully saturated rings. The second-order valence-electron chi connectivity index (χ2n) is 5.62. The molecule has 22 heavy (non-hydrogen) atoms. The van der Waals surface area contributed by atoms with Gasteiger partial charge in [-0.2, -0.15) is 0 Å². The third-order valence-corrected chi connectivity index (χ3v) is 3.65. The SMILES string of the molecule is CCCCCNC(=O)c1ccc(C(=O)N(C)CCCC)cc1. The standard InChI is InChI=1S/C18H28N2O2/c1-4-6-8-13-19-17(21)15-9-11-16(12-10-15)18(22)20(3)14-7-5-2/h9-12H,4-8,13-14H2,1-3H3,(H,19,21). The summed E-state index contributed by atoms with van der Waals surface area (Å²) in [4.78, 5) is 25.9. The number of rotatable bonds is 9. The first kappa shape index (κ1) is 18.2. The number of amides is 2. The fourth-order valence-corrected chi connectivity index (χ4v) is 2.16. The fraction of sp³-hybridized carbons (Fsp3) is 0.556. The van der Waals surface area contributed by atoms with Gasteiger partial charge in [-0.3, -0.25) is 9.59 Å². The van der Waals surface area contributed by atoms with Gasteiger partial charge in [-0.1, -0.05) is 33.1 Å². The first-order chi connectivity index (χ1) is 10.6. The molecule has 122 valence electrons. The lowest BCUT2D eigenvalue weighted by Crippen LogP contribution is -2.28. The first-order valence-corrected chi connectivity index (χ1v) is 8.23. The summed E-state index contributed by atoms with van der Waals surface area (Å²) in [7, 11) is 1.81. The smallest absolute Gasteiger partial charge is 0.253 e. The predicted molar refractivity (Wildman–Crippen MR) is 90.2 cm³/mol. The van der Waals surface area contributed by atoms with E-state index in [-0.39, 0.29) is 11.8 Å². The van der Waals surface area contributed by atoms with Gasteiger partial charge in [-0.05, 0) is 37.1 Å². The van der Waals surface area contributed by atoms with E-state index in [1.807, 2.05) is 7.05 Å². The van der Waals surface area contributed by atoms with Crippen LogP contribution in [-0.4, -0.2) is 36.9 Å². The quantitative estimate of drug-likeness (QED) is 0.710. The molecule has 0 aliphatic rings. The molecule has 0 unspecified atom stereocenters. The number of carbonyl (C=O) groups is 2. The van der Waals surface area contributed by atoms with E-state index < -0.39 is 0 Å². The molecule has 1 aromatic carbocycles. The van der Waals surface area contributed by atoms with E-state index in [2.05, 4.69) is 19.2 Å². The molecule has 0 heterocycles. The zero-order chi connectivity index (χ0) is 16.4. The largest absolute Gasteiger partial charge is 0.352 e. The Balaban J connectivity index is 2.54. The maximum atomic E-state index is 12.2. The van der Waals surface area contributed by atoms with Crippen LogP contribution < -0.4 is 5.32 Å². The zero-order valence-corrected chi connectivity index (χ0v) is 14.0. The van der Waals surface area contributed by atoms with Crippen molar-refractivity contribution in [3.05, 3.63) is 35.4 Å². The average Bonchev–Trinajstić information content (AvgIpc) is 2.55. The van der Waals surface area contributed by atoms with Crippen LogP contribution in [0.15, 0.2) is 24.3 Å². The summed E-state index contributed by atoms with van der Waals surface area (Å²) in [6, 6.07) is 6.89. The highest BCUT2D eigenvalue weighted by Crippen LogP contribution is 2.08. The highest BCUT2D eigenvalue weighted by Gasteiger charge is 2.12. The molecular formula is C18H28N2O2. The van der Waals surface area contributed by atoms with E-state index in [1.54, 1.807) is 29.2 Å². The van der Waals surface area contributed by atoms with Crippen LogP contribution in [0.25, 0.3) is 0 Å². The van der Waals surface area contributed by atoms with Crippen molar-refractivity contribution in [2.75, 3.05) is 20.1 Å². The highest BCUT2D eigenvalue weighted by molar-refractivity contribution is 5.97. The molecule has 0 spiro atoms. The maximum absolute atomic E-state index is 12.2. The molecule has 0 aromatic heterocycles. The Morgan fingerprint density at radius 3 is 2.14 bits per heavy atom. The van der Waals surface area contributed by atoms with Crippen molar-refractivity contribution in [2.24, 2.45) is 0 Å². The summed E-state index contributed by atoms with van der Waals surface area (Å²) in [6.45, 7) is 5.70. The lowest BCUT2D eigenvalue weighted by Gasteiger charge is -2.16. The average molecular weight is 304 g/mol. The van der Waals surface area contributed by atoms with Gasteiger partial charge in [0.25, 0.3) is 11.8 Å². The third-order valence-electron chi connectivity index (χ3n) is 3.65. The lowest BCUT2D eigenvalue weighted by atomic mass is 10.1. The Morgan fingerprint density at radius 1 is 0.955 bits per heavy atom. The molecule has 0 radical (unpaired) electrons. The number of hydrogen-bond donors (Lipinski definition) is 1. The van der Waals surface area contributed by atoms with Gasteiger partial charge in [-0.15, -0.1) is 0 Å². The summed E-state index contributed by atoms with van der Waals surface area (Å²) in [5, 5.41) is 2.90. The summed E-state index contributed by atoms with van der Waals surface area (Å²) in [5.41, 5.74) is 1.23. The van der Waals surface area contributed by atoms with E-state index >= 15 is 0 Å². The van der Waals surface area contributed by atoms with E-state index in [9.17, 15) is 9.59 Å². The van der Waals surface area contributed by atoms with E-state index in [0.717, 1.165) is 38.6 Å². The van der Waals surface area contributed by atoms with Crippen LogP contribution in [0.2, 0.25) is 0 Å². The van der Waals surface area contributed by atoms with Crippen molar-refractivity contribution < 1.29 is 9.59 Å². The van der Waals surface area contributed by atoms with Crippen molar-refractivity contribution in [1.29, 1.82) is 0 Å². The molecule has 0 saturated heterocycles. The minimum atomic E-state index is -0.0746. The van der Waals surface area contributed by atoms with Crippen LogP contribution in [0.3, 0.4) is 0 Å². The number of hydrogen-bond acceptors (Lipinski definition) is 2. The fourth-order valence-electron chi connectivity index (χ4n) is 2.16. The summed E-state index contributed by atoms with van der Waals surface area (Å²) in [6.07, 6.45) is 5.33. The normalized spacial score (nSPS) is 10.3. The molecule has 0 bridgehead atoms. The summed E-state index contributed by atoms with van der Waals surface area (Å²) < 4.78 is 0. The van der Waals surface area contributed by atoms with E-state index in [4.69, 9.17) is 0 Å². The number of nitrogens with one attached hydrogen (secondary N) is 1. The Hall–Kier alpha value is -1.84. The molecule has 4 nitrogen and oxygen atoms in total. The van der Waals surface area contributed by atoms with E-state index in [1.165, 1.54) is 0 Å². The molecule has 0 aliphatic heterocycles. The van der Waals surface area contributed by atoms with Crippen LogP contribution in [-0.2, 0) is 0 Å². The van der Waals surface area contributed by atoms with Crippen molar-refractivity contribution in [2.45, 2.75) is 46.0 Å². The second kappa shape index (κ2) is 9.98. The maximum Gasteiger partial charge on any atom is 0.253 e. The molecule has 0 atom stereocenters. The van der Waals surface area contributed by atoms with Gasteiger partial charge in [0.05, 0.1) is 0 Å². The number of nitrogens with zero attached hydrogens (tertiary/aromatic N) is 1. The van der Waals surface area contributed by atoms with E-state index in [0.29, 0.717) is 17.7 Å². The van der Waals surface area contributed by atoms with Gasteiger partial charge < -0.3 is 10.2 Å². The highest BCUT2D eigenvalue weighted by atomic mass is 16.2. The Labute approximate surface area is 133 Å². The monoisotopic (exact) mass is 304 g/mol. The predicted octanol–water partition coefficient (Wildman–Crippen LogP) is 3.48. The molecule has 4 heteroatoms. The van der Waals surface area contributed by atoms with Gasteiger partial charge in [0.2, 0.25) is 0 Å². The van der Waals surface area contributed by atoms with Crippen molar-refractivity contribution in [1.82, 2.24) is 10.2 Å². The Morgan fingerprint density at radius 2 is 1.55 bits per heavy atom. The second-order valence-corrected chi connectivity index (χ2v) is 5.62. The molecule has 2 amide bonds. The van der Waals surface area contributed by atoms with Crippen molar-refractivity contribution >= 4 is 11.8 Å². The van der Waals surface area contributed by atoms with Crippen LogP contribution in [0.1, 0.15) is 66.7 Å². The molecule has 1 N–H and O–H groups in total.